The van der Waals surface area contributed by atoms with Gasteiger partial charge in [-0.25, -0.2) is 4.98 Å². The standard InChI is InChI=1S/C14H21N3O/c1-10(2)8-11(18)9-15-14-16-12-6-4-5-7-13(12)17(14)3/h4-7,10-11,18H,8-9H2,1-3H3,(H,15,16). The second-order valence-corrected chi connectivity index (χ2v) is 5.15. The van der Waals surface area contributed by atoms with Gasteiger partial charge in [0.05, 0.1) is 17.1 Å². The van der Waals surface area contributed by atoms with Crippen LogP contribution < -0.4 is 5.32 Å². The maximum absolute atomic E-state index is 9.85. The van der Waals surface area contributed by atoms with Crippen LogP contribution >= 0.6 is 0 Å². The number of anilines is 1. The fraction of sp³-hybridized carbons (Fsp3) is 0.500. The van der Waals surface area contributed by atoms with Crippen molar-refractivity contribution in [3.63, 3.8) is 0 Å². The number of fused-ring (bicyclic) bond motifs is 1. The summed E-state index contributed by atoms with van der Waals surface area (Å²) in [7, 11) is 1.98. The smallest absolute Gasteiger partial charge is 0.203 e. The third-order valence-corrected chi connectivity index (χ3v) is 3.03. The lowest BCUT2D eigenvalue weighted by molar-refractivity contribution is 0.161. The van der Waals surface area contributed by atoms with E-state index in [-0.39, 0.29) is 6.10 Å². The Balaban J connectivity index is 2.06. The van der Waals surface area contributed by atoms with E-state index in [1.54, 1.807) is 0 Å². The number of aromatic nitrogens is 2. The molecule has 0 radical (unpaired) electrons. The molecular formula is C14H21N3O. The summed E-state index contributed by atoms with van der Waals surface area (Å²) in [5, 5.41) is 13.1. The van der Waals surface area contributed by atoms with Crippen LogP contribution in [0.15, 0.2) is 24.3 Å². The summed E-state index contributed by atoms with van der Waals surface area (Å²) in [4.78, 5) is 4.50. The summed E-state index contributed by atoms with van der Waals surface area (Å²) in [6.45, 7) is 4.76. The SMILES string of the molecule is CC(C)CC(O)CNc1nc2ccccc2n1C. The van der Waals surface area contributed by atoms with Crippen LogP contribution in [0.4, 0.5) is 5.95 Å². The number of hydrogen-bond donors (Lipinski definition) is 2. The Morgan fingerprint density at radius 3 is 2.72 bits per heavy atom. The molecule has 98 valence electrons. The number of hydrogen-bond acceptors (Lipinski definition) is 3. The summed E-state index contributed by atoms with van der Waals surface area (Å²) >= 11 is 0. The van der Waals surface area contributed by atoms with Crippen molar-refractivity contribution in [3.05, 3.63) is 24.3 Å². The van der Waals surface area contributed by atoms with Gasteiger partial charge in [0.25, 0.3) is 0 Å². The topological polar surface area (TPSA) is 50.1 Å². The number of aliphatic hydroxyl groups excluding tert-OH is 1. The monoisotopic (exact) mass is 247 g/mol. The highest BCUT2D eigenvalue weighted by Gasteiger charge is 2.10. The van der Waals surface area contributed by atoms with E-state index in [2.05, 4.69) is 24.1 Å². The third kappa shape index (κ3) is 2.82. The lowest BCUT2D eigenvalue weighted by Crippen LogP contribution is -2.22. The van der Waals surface area contributed by atoms with Crippen molar-refractivity contribution in [1.29, 1.82) is 0 Å². The second kappa shape index (κ2) is 5.40. The maximum atomic E-state index is 9.85. The maximum Gasteiger partial charge on any atom is 0.203 e. The molecule has 1 aromatic carbocycles. The van der Waals surface area contributed by atoms with Gasteiger partial charge in [0.15, 0.2) is 0 Å². The summed E-state index contributed by atoms with van der Waals surface area (Å²) in [6.07, 6.45) is 0.474. The molecule has 0 aliphatic heterocycles. The van der Waals surface area contributed by atoms with E-state index >= 15 is 0 Å². The number of benzene rings is 1. The van der Waals surface area contributed by atoms with Gasteiger partial charge in [0.1, 0.15) is 0 Å². The number of rotatable bonds is 5. The number of aliphatic hydroxyl groups is 1. The van der Waals surface area contributed by atoms with E-state index < -0.39 is 0 Å². The van der Waals surface area contributed by atoms with E-state index in [1.165, 1.54) is 0 Å². The minimum atomic E-state index is -0.329. The molecule has 0 saturated carbocycles. The zero-order valence-electron chi connectivity index (χ0n) is 11.2. The molecule has 0 saturated heterocycles. The van der Waals surface area contributed by atoms with Gasteiger partial charge in [0.2, 0.25) is 5.95 Å². The minimum Gasteiger partial charge on any atom is -0.391 e. The Kier molecular flexibility index (Phi) is 3.87. The predicted molar refractivity (Wildman–Crippen MR) is 74.7 cm³/mol. The molecule has 0 bridgehead atoms. The highest BCUT2D eigenvalue weighted by molar-refractivity contribution is 5.78. The van der Waals surface area contributed by atoms with Crippen molar-refractivity contribution in [2.75, 3.05) is 11.9 Å². The molecule has 18 heavy (non-hydrogen) atoms. The van der Waals surface area contributed by atoms with Gasteiger partial charge in [-0.05, 0) is 24.5 Å². The Morgan fingerprint density at radius 2 is 2.06 bits per heavy atom. The molecule has 0 aliphatic carbocycles. The van der Waals surface area contributed by atoms with E-state index in [0.29, 0.717) is 12.5 Å². The minimum absolute atomic E-state index is 0.329. The van der Waals surface area contributed by atoms with Crippen LogP contribution in [0.5, 0.6) is 0 Å². The van der Waals surface area contributed by atoms with Crippen LogP contribution in [0.3, 0.4) is 0 Å². The van der Waals surface area contributed by atoms with Crippen molar-refractivity contribution in [2.24, 2.45) is 13.0 Å². The highest BCUT2D eigenvalue weighted by Crippen LogP contribution is 2.17. The number of nitrogens with zero attached hydrogens (tertiary/aromatic N) is 2. The molecule has 1 heterocycles. The first-order valence-corrected chi connectivity index (χ1v) is 6.41. The number of aryl methyl sites for hydroxylation is 1. The largest absolute Gasteiger partial charge is 0.391 e. The lowest BCUT2D eigenvalue weighted by Gasteiger charge is -2.14. The quantitative estimate of drug-likeness (QED) is 0.853. The molecule has 4 heteroatoms. The van der Waals surface area contributed by atoms with Crippen molar-refractivity contribution in [2.45, 2.75) is 26.4 Å². The van der Waals surface area contributed by atoms with Crippen LogP contribution in [0.25, 0.3) is 11.0 Å². The Bertz CT molecular complexity index is 519. The first-order valence-electron chi connectivity index (χ1n) is 6.41. The molecule has 2 rings (SSSR count). The fourth-order valence-electron chi connectivity index (χ4n) is 2.14. The molecule has 0 spiro atoms. The number of imidazole rings is 1. The first kappa shape index (κ1) is 12.9. The first-order chi connectivity index (χ1) is 8.58. The third-order valence-electron chi connectivity index (χ3n) is 3.03. The zero-order chi connectivity index (χ0) is 13.1. The molecule has 0 fully saturated rings. The molecule has 1 unspecified atom stereocenters. The average Bonchev–Trinajstić information content (AvgIpc) is 2.64. The van der Waals surface area contributed by atoms with E-state index in [9.17, 15) is 5.11 Å². The fourth-order valence-corrected chi connectivity index (χ4v) is 2.14. The second-order valence-electron chi connectivity index (χ2n) is 5.15. The van der Waals surface area contributed by atoms with Gasteiger partial charge >= 0.3 is 0 Å². The van der Waals surface area contributed by atoms with Gasteiger partial charge in [-0.3, -0.25) is 0 Å². The molecule has 2 N–H and O–H groups in total. The van der Waals surface area contributed by atoms with Gasteiger partial charge < -0.3 is 15.0 Å². The molecule has 1 aromatic heterocycles. The van der Waals surface area contributed by atoms with Crippen molar-refractivity contribution in [3.8, 4) is 0 Å². The molecular weight excluding hydrogens is 226 g/mol. The van der Waals surface area contributed by atoms with E-state index in [1.807, 2.05) is 35.9 Å². The van der Waals surface area contributed by atoms with Crippen molar-refractivity contribution in [1.82, 2.24) is 9.55 Å². The Hall–Kier alpha value is -1.55. The normalized spacial score (nSPS) is 13.2. The van der Waals surface area contributed by atoms with Crippen LogP contribution in [-0.2, 0) is 7.05 Å². The highest BCUT2D eigenvalue weighted by atomic mass is 16.3. The summed E-state index contributed by atoms with van der Waals surface area (Å²) in [6, 6.07) is 8.01. The molecule has 0 amide bonds. The van der Waals surface area contributed by atoms with Crippen LogP contribution in [0.2, 0.25) is 0 Å². The van der Waals surface area contributed by atoms with Crippen molar-refractivity contribution >= 4 is 17.0 Å². The number of para-hydroxylation sites is 2. The summed E-state index contributed by atoms with van der Waals surface area (Å²) in [5.74, 6) is 1.31. The van der Waals surface area contributed by atoms with E-state index in [0.717, 1.165) is 23.4 Å². The predicted octanol–water partition coefficient (Wildman–Crippen LogP) is 2.39. The summed E-state index contributed by atoms with van der Waals surface area (Å²) < 4.78 is 2.01. The average molecular weight is 247 g/mol. The lowest BCUT2D eigenvalue weighted by atomic mass is 10.1. The van der Waals surface area contributed by atoms with Crippen LogP contribution in [0.1, 0.15) is 20.3 Å². The Morgan fingerprint density at radius 1 is 1.33 bits per heavy atom. The molecule has 4 nitrogen and oxygen atoms in total. The van der Waals surface area contributed by atoms with Crippen molar-refractivity contribution < 1.29 is 5.11 Å². The van der Waals surface area contributed by atoms with E-state index in [4.69, 9.17) is 0 Å². The molecule has 1 atom stereocenters. The summed E-state index contributed by atoms with van der Waals surface area (Å²) in [5.41, 5.74) is 2.07. The molecule has 0 aliphatic rings. The van der Waals surface area contributed by atoms with Gasteiger partial charge in [0, 0.05) is 13.6 Å². The Labute approximate surface area is 108 Å². The zero-order valence-corrected chi connectivity index (χ0v) is 11.2. The van der Waals surface area contributed by atoms with Crippen LogP contribution in [0, 0.1) is 5.92 Å². The van der Waals surface area contributed by atoms with Crippen LogP contribution in [-0.4, -0.2) is 27.3 Å². The van der Waals surface area contributed by atoms with Gasteiger partial charge in [-0.15, -0.1) is 0 Å². The number of nitrogens with one attached hydrogen (secondary N) is 1. The molecule has 2 aromatic rings. The van der Waals surface area contributed by atoms with Gasteiger partial charge in [-0.1, -0.05) is 26.0 Å². The van der Waals surface area contributed by atoms with Gasteiger partial charge in [-0.2, -0.15) is 0 Å².